The van der Waals surface area contributed by atoms with Crippen LogP contribution >= 0.6 is 11.6 Å². The fraction of sp³-hybridized carbons (Fsp3) is 0.400. The number of benzene rings is 1. The van der Waals surface area contributed by atoms with E-state index >= 15 is 0 Å². The number of aryl methyl sites for hydroxylation is 1. The highest BCUT2D eigenvalue weighted by atomic mass is 35.5. The van der Waals surface area contributed by atoms with Crippen molar-refractivity contribution in [3.8, 4) is 17.0 Å². The van der Waals surface area contributed by atoms with Crippen molar-refractivity contribution in [3.63, 3.8) is 0 Å². The molecule has 9 heteroatoms. The smallest absolute Gasteiger partial charge is 0.317 e. The third-order valence-electron chi connectivity index (χ3n) is 6.89. The molecule has 1 spiro atoms. The summed E-state index contributed by atoms with van der Waals surface area (Å²) in [6.45, 7) is 6.85. The van der Waals surface area contributed by atoms with Gasteiger partial charge in [-0.15, -0.1) is 0 Å². The van der Waals surface area contributed by atoms with Gasteiger partial charge < -0.3 is 20.7 Å². The molecule has 5 rings (SSSR count). The molecule has 2 aliphatic rings. The highest BCUT2D eigenvalue weighted by molar-refractivity contribution is 6.30. The minimum atomic E-state index is -0.243. The predicted octanol–water partition coefficient (Wildman–Crippen LogP) is 4.40. The standard InChI is InChI=1S/C25H29ClN6O2/c1-3-28-24(33)31-9-7-25(15-31)8-10-32-22(25)13-20(30-32)18-12-21(23(27)29-14-18)34-16(2)17-5-4-6-19(26)11-17/h4-6,11-14,16H,3,7-10,15H2,1-2H3,(H2,27,29)(H,28,33)/t16-,25-/m1/s1. The van der Waals surface area contributed by atoms with Crippen molar-refractivity contribution in [2.24, 2.45) is 0 Å². The Kier molecular flexibility index (Phi) is 5.85. The van der Waals surface area contributed by atoms with Crippen LogP contribution in [-0.4, -0.2) is 45.3 Å². The average Bonchev–Trinajstić information content (AvgIpc) is 3.52. The average molecular weight is 481 g/mol. The van der Waals surface area contributed by atoms with Crippen molar-refractivity contribution >= 4 is 23.4 Å². The van der Waals surface area contributed by atoms with E-state index in [4.69, 9.17) is 27.2 Å². The van der Waals surface area contributed by atoms with E-state index in [1.54, 1.807) is 6.20 Å². The lowest BCUT2D eigenvalue weighted by atomic mass is 9.82. The van der Waals surface area contributed by atoms with E-state index in [0.717, 1.165) is 49.3 Å². The summed E-state index contributed by atoms with van der Waals surface area (Å²) in [5.74, 6) is 0.838. The molecular formula is C25H29ClN6O2. The lowest BCUT2D eigenvalue weighted by Crippen LogP contribution is -2.40. The van der Waals surface area contributed by atoms with Gasteiger partial charge in [0.05, 0.1) is 5.69 Å². The molecule has 1 fully saturated rings. The summed E-state index contributed by atoms with van der Waals surface area (Å²) in [6, 6.07) is 11.6. The number of urea groups is 1. The van der Waals surface area contributed by atoms with Gasteiger partial charge >= 0.3 is 6.03 Å². The quantitative estimate of drug-likeness (QED) is 0.564. The zero-order valence-corrected chi connectivity index (χ0v) is 20.2. The van der Waals surface area contributed by atoms with E-state index in [0.29, 0.717) is 23.1 Å². The van der Waals surface area contributed by atoms with Gasteiger partial charge in [-0.05, 0) is 56.5 Å². The molecule has 0 saturated carbocycles. The van der Waals surface area contributed by atoms with Gasteiger partial charge in [0.15, 0.2) is 11.6 Å². The monoisotopic (exact) mass is 480 g/mol. The minimum Gasteiger partial charge on any atom is -0.482 e. The normalized spacial score (nSPS) is 19.9. The van der Waals surface area contributed by atoms with E-state index in [-0.39, 0.29) is 17.6 Å². The number of ether oxygens (including phenoxy) is 1. The lowest BCUT2D eigenvalue weighted by molar-refractivity contribution is 0.206. The summed E-state index contributed by atoms with van der Waals surface area (Å²) in [5.41, 5.74) is 9.90. The molecule has 34 heavy (non-hydrogen) atoms. The molecule has 2 aromatic heterocycles. The molecule has 3 N–H and O–H groups in total. The van der Waals surface area contributed by atoms with Crippen molar-refractivity contribution in [2.45, 2.75) is 44.8 Å². The number of nitrogens with one attached hydrogen (secondary N) is 1. The van der Waals surface area contributed by atoms with Crippen LogP contribution in [0.5, 0.6) is 5.75 Å². The Hall–Kier alpha value is -3.26. The van der Waals surface area contributed by atoms with E-state index in [1.807, 2.05) is 49.1 Å². The van der Waals surface area contributed by atoms with Crippen molar-refractivity contribution in [1.29, 1.82) is 0 Å². The van der Waals surface area contributed by atoms with Gasteiger partial charge in [0.25, 0.3) is 0 Å². The van der Waals surface area contributed by atoms with E-state index in [9.17, 15) is 4.79 Å². The number of carbonyl (C=O) groups excluding carboxylic acids is 1. The number of halogens is 1. The van der Waals surface area contributed by atoms with Gasteiger partial charge in [-0.3, -0.25) is 4.68 Å². The molecule has 0 bridgehead atoms. The minimum absolute atomic E-state index is 0.0101. The number of rotatable bonds is 5. The molecule has 2 atom stereocenters. The maximum atomic E-state index is 12.4. The Morgan fingerprint density at radius 1 is 1.29 bits per heavy atom. The molecule has 0 aliphatic carbocycles. The number of hydrogen-bond acceptors (Lipinski definition) is 5. The van der Waals surface area contributed by atoms with Crippen molar-refractivity contribution in [2.75, 3.05) is 25.4 Å². The number of nitrogen functional groups attached to an aromatic ring is 1. The number of likely N-dealkylation sites (tertiary alicyclic amines) is 1. The summed E-state index contributed by atoms with van der Waals surface area (Å²) >= 11 is 6.13. The maximum Gasteiger partial charge on any atom is 0.317 e. The molecule has 3 aromatic rings. The fourth-order valence-corrected chi connectivity index (χ4v) is 5.23. The van der Waals surface area contributed by atoms with Crippen LogP contribution in [0.15, 0.2) is 42.6 Å². The summed E-state index contributed by atoms with van der Waals surface area (Å²) in [7, 11) is 0. The topological polar surface area (TPSA) is 98.3 Å². The van der Waals surface area contributed by atoms with Crippen LogP contribution in [0.4, 0.5) is 10.6 Å². The SMILES string of the molecule is CCNC(=O)N1CC[C@@]2(CCn3nc(-c4cnc(N)c(O[C@H](C)c5cccc(Cl)c5)c4)cc32)C1. The van der Waals surface area contributed by atoms with Gasteiger partial charge in [0.2, 0.25) is 0 Å². The summed E-state index contributed by atoms with van der Waals surface area (Å²) in [5, 5.41) is 8.42. The third-order valence-corrected chi connectivity index (χ3v) is 7.13. The third kappa shape index (κ3) is 4.07. The van der Waals surface area contributed by atoms with Gasteiger partial charge in [-0.1, -0.05) is 23.7 Å². The molecule has 4 heterocycles. The second-order valence-corrected chi connectivity index (χ2v) is 9.53. The highest BCUT2D eigenvalue weighted by Crippen LogP contribution is 2.44. The predicted molar refractivity (Wildman–Crippen MR) is 132 cm³/mol. The first-order valence-corrected chi connectivity index (χ1v) is 12.1. The van der Waals surface area contributed by atoms with Gasteiger partial charge in [-0.2, -0.15) is 5.10 Å². The molecule has 0 unspecified atom stereocenters. The number of amides is 2. The van der Waals surface area contributed by atoms with Crippen molar-refractivity contribution in [1.82, 2.24) is 25.0 Å². The first kappa shape index (κ1) is 22.5. The van der Waals surface area contributed by atoms with E-state index in [2.05, 4.69) is 21.0 Å². The van der Waals surface area contributed by atoms with Crippen LogP contribution < -0.4 is 15.8 Å². The Labute approximate surface area is 204 Å². The van der Waals surface area contributed by atoms with Crippen LogP contribution in [0.3, 0.4) is 0 Å². The largest absolute Gasteiger partial charge is 0.482 e. The van der Waals surface area contributed by atoms with Crippen LogP contribution in [0.1, 0.15) is 44.1 Å². The molecule has 1 aromatic carbocycles. The van der Waals surface area contributed by atoms with Gasteiger partial charge in [0, 0.05) is 54.1 Å². The summed E-state index contributed by atoms with van der Waals surface area (Å²) < 4.78 is 8.22. The van der Waals surface area contributed by atoms with Gasteiger partial charge in [0.1, 0.15) is 6.10 Å². The Morgan fingerprint density at radius 3 is 2.91 bits per heavy atom. The van der Waals surface area contributed by atoms with Crippen LogP contribution in [0.2, 0.25) is 5.02 Å². The zero-order chi connectivity index (χ0) is 23.9. The number of nitrogens with zero attached hydrogens (tertiary/aromatic N) is 4. The molecule has 1 saturated heterocycles. The molecular weight excluding hydrogens is 452 g/mol. The zero-order valence-electron chi connectivity index (χ0n) is 19.4. The van der Waals surface area contributed by atoms with Crippen molar-refractivity contribution < 1.29 is 9.53 Å². The van der Waals surface area contributed by atoms with E-state index in [1.165, 1.54) is 5.69 Å². The molecule has 2 amide bonds. The summed E-state index contributed by atoms with van der Waals surface area (Å²) in [4.78, 5) is 18.6. The number of hydrogen-bond donors (Lipinski definition) is 2. The van der Waals surface area contributed by atoms with Crippen LogP contribution in [-0.2, 0) is 12.0 Å². The Bertz CT molecular complexity index is 1230. The number of aromatic nitrogens is 3. The number of carbonyl (C=O) groups is 1. The number of anilines is 1. The second kappa shape index (κ2) is 8.83. The van der Waals surface area contributed by atoms with Crippen LogP contribution in [0, 0.1) is 0 Å². The fourth-order valence-electron chi connectivity index (χ4n) is 5.03. The van der Waals surface area contributed by atoms with Crippen LogP contribution in [0.25, 0.3) is 11.3 Å². The molecule has 0 radical (unpaired) electrons. The Balaban J connectivity index is 1.38. The van der Waals surface area contributed by atoms with E-state index < -0.39 is 0 Å². The Morgan fingerprint density at radius 2 is 2.12 bits per heavy atom. The lowest BCUT2D eigenvalue weighted by Gasteiger charge is -2.23. The molecule has 178 valence electrons. The first-order chi connectivity index (χ1) is 16.4. The highest BCUT2D eigenvalue weighted by Gasteiger charge is 2.46. The number of pyridine rings is 1. The molecule has 2 aliphatic heterocycles. The maximum absolute atomic E-state index is 12.4. The molecule has 8 nitrogen and oxygen atoms in total. The van der Waals surface area contributed by atoms with Crippen molar-refractivity contribution in [3.05, 3.63) is 58.9 Å². The summed E-state index contributed by atoms with van der Waals surface area (Å²) in [6.07, 6.45) is 3.43. The first-order valence-electron chi connectivity index (χ1n) is 11.7. The number of fused-ring (bicyclic) bond motifs is 2. The number of nitrogens with two attached hydrogens (primary N) is 1. The van der Waals surface area contributed by atoms with Gasteiger partial charge in [-0.25, -0.2) is 9.78 Å². The second-order valence-electron chi connectivity index (χ2n) is 9.10.